The van der Waals surface area contributed by atoms with Gasteiger partial charge in [-0.2, -0.15) is 0 Å². The molecule has 0 saturated heterocycles. The molecule has 0 radical (unpaired) electrons. The summed E-state index contributed by atoms with van der Waals surface area (Å²) < 4.78 is 5.54. The van der Waals surface area contributed by atoms with Gasteiger partial charge in [-0.05, 0) is 34.7 Å². The molecule has 2 aromatic carbocycles. The minimum absolute atomic E-state index is 0.0110. The van der Waals surface area contributed by atoms with Crippen LogP contribution in [0, 0.1) is 0 Å². The minimum Gasteiger partial charge on any atom is -0.496 e. The monoisotopic (exact) mass is 285 g/mol. The zero-order valence-corrected chi connectivity index (χ0v) is 13.2. The maximum absolute atomic E-state index is 11.0. The summed E-state index contributed by atoms with van der Waals surface area (Å²) in [5.74, 6) is 1.33. The summed E-state index contributed by atoms with van der Waals surface area (Å²) in [5.41, 5.74) is 2.50. The van der Waals surface area contributed by atoms with Crippen molar-refractivity contribution in [3.8, 4) is 5.75 Å². The van der Waals surface area contributed by atoms with E-state index in [4.69, 9.17) is 4.74 Å². The van der Waals surface area contributed by atoms with Crippen molar-refractivity contribution in [2.45, 2.75) is 33.1 Å². The normalized spacial score (nSPS) is 10.9. The van der Waals surface area contributed by atoms with Gasteiger partial charge >= 0.3 is 0 Å². The lowest BCUT2D eigenvalue weighted by atomic mass is 9.91. The molecule has 21 heavy (non-hydrogen) atoms. The zero-order chi connectivity index (χ0) is 15.4. The first kappa shape index (κ1) is 15.4. The van der Waals surface area contributed by atoms with Crippen LogP contribution in [0.1, 0.15) is 37.8 Å². The van der Waals surface area contributed by atoms with Gasteiger partial charge in [-0.1, -0.05) is 38.1 Å². The van der Waals surface area contributed by atoms with E-state index in [9.17, 15) is 4.79 Å². The van der Waals surface area contributed by atoms with Crippen LogP contribution in [0.3, 0.4) is 0 Å². The molecular weight excluding hydrogens is 262 g/mol. The second kappa shape index (κ2) is 6.61. The highest BCUT2D eigenvalue weighted by Gasteiger charge is 2.14. The maximum Gasteiger partial charge on any atom is 0.216 e. The van der Waals surface area contributed by atoms with Crippen LogP contribution in [0.2, 0.25) is 0 Å². The maximum atomic E-state index is 11.0. The van der Waals surface area contributed by atoms with E-state index in [2.05, 4.69) is 43.4 Å². The van der Waals surface area contributed by atoms with Crippen LogP contribution in [-0.4, -0.2) is 19.6 Å². The van der Waals surface area contributed by atoms with Crippen LogP contribution in [0.15, 0.2) is 30.3 Å². The van der Waals surface area contributed by atoms with Crippen LogP contribution in [0.5, 0.6) is 5.75 Å². The van der Waals surface area contributed by atoms with Gasteiger partial charge in [-0.25, -0.2) is 0 Å². The second-order valence-electron chi connectivity index (χ2n) is 5.58. The second-order valence-corrected chi connectivity index (χ2v) is 5.58. The molecule has 2 rings (SSSR count). The predicted molar refractivity (Wildman–Crippen MR) is 87.0 cm³/mol. The minimum atomic E-state index is 0.0110. The van der Waals surface area contributed by atoms with Gasteiger partial charge in [0.2, 0.25) is 5.91 Å². The number of amides is 1. The van der Waals surface area contributed by atoms with E-state index in [0.29, 0.717) is 12.5 Å². The number of hydrogen-bond acceptors (Lipinski definition) is 2. The third-order valence-corrected chi connectivity index (χ3v) is 3.70. The average Bonchev–Trinajstić information content (AvgIpc) is 2.45. The summed E-state index contributed by atoms with van der Waals surface area (Å²) in [6.45, 7) is 6.57. The predicted octanol–water partition coefficient (Wildman–Crippen LogP) is 3.65. The van der Waals surface area contributed by atoms with Crippen molar-refractivity contribution in [2.24, 2.45) is 0 Å². The molecule has 0 heterocycles. The molecule has 0 bridgehead atoms. The van der Waals surface area contributed by atoms with Gasteiger partial charge in [0.05, 0.1) is 7.11 Å². The molecule has 0 aromatic heterocycles. The van der Waals surface area contributed by atoms with Crippen molar-refractivity contribution >= 4 is 16.7 Å². The molecule has 0 saturated carbocycles. The van der Waals surface area contributed by atoms with Gasteiger partial charge in [0.15, 0.2) is 0 Å². The van der Waals surface area contributed by atoms with Gasteiger partial charge in [0.1, 0.15) is 5.75 Å². The Morgan fingerprint density at radius 1 is 1.24 bits per heavy atom. The molecule has 0 atom stereocenters. The summed E-state index contributed by atoms with van der Waals surface area (Å²) in [5, 5.41) is 5.35. The summed E-state index contributed by atoms with van der Waals surface area (Å²) >= 11 is 0. The van der Waals surface area contributed by atoms with Crippen molar-refractivity contribution in [2.75, 3.05) is 13.7 Å². The van der Waals surface area contributed by atoms with Gasteiger partial charge in [-0.3, -0.25) is 4.79 Å². The molecule has 0 unspecified atom stereocenters. The lowest BCUT2D eigenvalue weighted by molar-refractivity contribution is -0.118. The summed E-state index contributed by atoms with van der Waals surface area (Å²) in [4.78, 5) is 11.0. The van der Waals surface area contributed by atoms with Crippen molar-refractivity contribution < 1.29 is 9.53 Å². The van der Waals surface area contributed by atoms with Crippen LogP contribution in [-0.2, 0) is 11.2 Å². The van der Waals surface area contributed by atoms with E-state index in [1.54, 1.807) is 14.0 Å². The van der Waals surface area contributed by atoms with Crippen LogP contribution >= 0.6 is 0 Å². The number of carbonyl (C=O) groups is 1. The zero-order valence-electron chi connectivity index (χ0n) is 13.2. The molecule has 112 valence electrons. The van der Waals surface area contributed by atoms with Gasteiger partial charge in [0.25, 0.3) is 0 Å². The van der Waals surface area contributed by atoms with E-state index in [-0.39, 0.29) is 5.91 Å². The van der Waals surface area contributed by atoms with Crippen molar-refractivity contribution in [1.29, 1.82) is 0 Å². The highest BCUT2D eigenvalue weighted by atomic mass is 16.5. The van der Waals surface area contributed by atoms with E-state index >= 15 is 0 Å². The molecule has 3 heteroatoms. The number of ether oxygens (including phenoxy) is 1. The fourth-order valence-electron chi connectivity index (χ4n) is 2.80. The molecule has 1 amide bonds. The highest BCUT2D eigenvalue weighted by Crippen LogP contribution is 2.35. The Balaban J connectivity index is 2.52. The molecule has 2 aromatic rings. The number of carbonyl (C=O) groups excluding carboxylic acids is 1. The van der Waals surface area contributed by atoms with Gasteiger partial charge in [0, 0.05) is 19.0 Å². The molecule has 0 aliphatic carbocycles. The third kappa shape index (κ3) is 3.35. The number of rotatable bonds is 5. The average molecular weight is 285 g/mol. The van der Waals surface area contributed by atoms with E-state index in [1.165, 1.54) is 21.9 Å². The number of fused-ring (bicyclic) bond motifs is 1. The topological polar surface area (TPSA) is 38.3 Å². The number of methoxy groups -OCH3 is 1. The Kier molecular flexibility index (Phi) is 4.84. The lowest BCUT2D eigenvalue weighted by Gasteiger charge is -2.18. The largest absolute Gasteiger partial charge is 0.496 e. The van der Waals surface area contributed by atoms with Crippen molar-refractivity contribution in [3.63, 3.8) is 0 Å². The van der Waals surface area contributed by atoms with Crippen LogP contribution < -0.4 is 10.1 Å². The first-order valence-corrected chi connectivity index (χ1v) is 7.37. The molecule has 1 N–H and O–H groups in total. The molecule has 3 nitrogen and oxygen atoms in total. The fourth-order valence-corrected chi connectivity index (χ4v) is 2.80. The number of nitrogens with one attached hydrogen (secondary N) is 1. The molecular formula is C18H23NO2. The Morgan fingerprint density at radius 2 is 2.00 bits per heavy atom. The molecule has 0 fully saturated rings. The molecule has 0 aliphatic heterocycles. The lowest BCUT2D eigenvalue weighted by Crippen LogP contribution is -2.22. The Labute approximate surface area is 126 Å². The Morgan fingerprint density at radius 3 is 2.62 bits per heavy atom. The Hall–Kier alpha value is -2.03. The quantitative estimate of drug-likeness (QED) is 0.910. The highest BCUT2D eigenvalue weighted by molar-refractivity contribution is 5.91. The fraction of sp³-hybridized carbons (Fsp3) is 0.389. The summed E-state index contributed by atoms with van der Waals surface area (Å²) in [6, 6.07) is 10.5. The smallest absolute Gasteiger partial charge is 0.216 e. The first-order valence-electron chi connectivity index (χ1n) is 7.37. The summed E-state index contributed by atoms with van der Waals surface area (Å²) in [6.07, 6.45) is 0.823. The van der Waals surface area contributed by atoms with Gasteiger partial charge < -0.3 is 10.1 Å². The molecule has 0 aliphatic rings. The first-order chi connectivity index (χ1) is 10.0. The van der Waals surface area contributed by atoms with E-state index in [1.807, 2.05) is 6.07 Å². The van der Waals surface area contributed by atoms with Crippen molar-refractivity contribution in [1.82, 2.24) is 5.32 Å². The van der Waals surface area contributed by atoms with E-state index in [0.717, 1.165) is 12.2 Å². The molecule has 0 spiro atoms. The third-order valence-electron chi connectivity index (χ3n) is 3.70. The number of hydrogen-bond donors (Lipinski definition) is 1. The van der Waals surface area contributed by atoms with Crippen LogP contribution in [0.4, 0.5) is 0 Å². The van der Waals surface area contributed by atoms with E-state index < -0.39 is 0 Å². The standard InChI is InChI=1S/C18H23NO2/c1-12(2)17-16(21-4)9-8-14-6-5-7-15(18(14)17)10-11-19-13(3)20/h5-9,12H,10-11H2,1-4H3,(H,19,20). The summed E-state index contributed by atoms with van der Waals surface area (Å²) in [7, 11) is 1.72. The van der Waals surface area contributed by atoms with Gasteiger partial charge in [-0.15, -0.1) is 0 Å². The SMILES string of the molecule is COc1ccc2cccc(CCNC(C)=O)c2c1C(C)C. The van der Waals surface area contributed by atoms with Crippen molar-refractivity contribution in [3.05, 3.63) is 41.5 Å². The number of benzene rings is 2. The Bertz CT molecular complexity index is 647. The van der Waals surface area contributed by atoms with Crippen LogP contribution in [0.25, 0.3) is 10.8 Å².